The Bertz CT molecular complexity index is 377. The third-order valence-corrected chi connectivity index (χ3v) is 4.10. The second-order valence-electron chi connectivity index (χ2n) is 5.38. The van der Waals surface area contributed by atoms with Crippen molar-refractivity contribution < 1.29 is 4.74 Å². The van der Waals surface area contributed by atoms with E-state index in [4.69, 9.17) is 4.74 Å². The fourth-order valence-corrected chi connectivity index (χ4v) is 3.26. The summed E-state index contributed by atoms with van der Waals surface area (Å²) in [6.45, 7) is 6.07. The molecule has 2 unspecified atom stereocenters. The Morgan fingerprint density at radius 3 is 2.68 bits per heavy atom. The molecule has 0 aliphatic heterocycles. The summed E-state index contributed by atoms with van der Waals surface area (Å²) < 4.78 is 5.83. The predicted octanol–water partition coefficient (Wildman–Crippen LogP) is 4.11. The lowest BCUT2D eigenvalue weighted by Crippen LogP contribution is -2.34. The standard InChI is InChI=1S/C17H27NO/c1-3-18-16-12-7-5-6-10-14(16)15-11-8-9-13-17(15)19-4-2/h8-9,11,13-14,16,18H,3-7,10,12H2,1-2H3. The topological polar surface area (TPSA) is 21.3 Å². The van der Waals surface area contributed by atoms with Gasteiger partial charge in [0.15, 0.2) is 0 Å². The summed E-state index contributed by atoms with van der Waals surface area (Å²) in [5.41, 5.74) is 1.40. The second-order valence-corrected chi connectivity index (χ2v) is 5.38. The van der Waals surface area contributed by atoms with Gasteiger partial charge in [-0.05, 0) is 37.9 Å². The van der Waals surface area contributed by atoms with Gasteiger partial charge >= 0.3 is 0 Å². The van der Waals surface area contributed by atoms with E-state index >= 15 is 0 Å². The molecule has 0 aromatic heterocycles. The first-order chi connectivity index (χ1) is 9.36. The Morgan fingerprint density at radius 1 is 1.11 bits per heavy atom. The monoisotopic (exact) mass is 261 g/mol. The van der Waals surface area contributed by atoms with Crippen LogP contribution in [0.2, 0.25) is 0 Å². The fourth-order valence-electron chi connectivity index (χ4n) is 3.26. The highest BCUT2D eigenvalue weighted by atomic mass is 16.5. The van der Waals surface area contributed by atoms with Gasteiger partial charge in [0, 0.05) is 12.0 Å². The molecule has 2 rings (SSSR count). The highest BCUT2D eigenvalue weighted by Gasteiger charge is 2.26. The first-order valence-corrected chi connectivity index (χ1v) is 7.82. The normalized spacial score (nSPS) is 23.9. The van der Waals surface area contributed by atoms with E-state index in [0.717, 1.165) is 18.9 Å². The number of ether oxygens (including phenoxy) is 1. The van der Waals surface area contributed by atoms with Crippen LogP contribution >= 0.6 is 0 Å². The van der Waals surface area contributed by atoms with Gasteiger partial charge in [-0.15, -0.1) is 0 Å². The Morgan fingerprint density at radius 2 is 1.89 bits per heavy atom. The molecule has 0 amide bonds. The van der Waals surface area contributed by atoms with Gasteiger partial charge in [0.05, 0.1) is 6.61 Å². The summed E-state index contributed by atoms with van der Waals surface area (Å²) in [5, 5.41) is 3.69. The Kier molecular flexibility index (Phi) is 5.71. The summed E-state index contributed by atoms with van der Waals surface area (Å²) in [7, 11) is 0. The van der Waals surface area contributed by atoms with Crippen LogP contribution in [0, 0.1) is 0 Å². The van der Waals surface area contributed by atoms with Gasteiger partial charge in [-0.25, -0.2) is 0 Å². The molecule has 0 heterocycles. The molecule has 1 aliphatic carbocycles. The molecule has 1 saturated carbocycles. The van der Waals surface area contributed by atoms with E-state index in [1.807, 2.05) is 0 Å². The van der Waals surface area contributed by atoms with Crippen LogP contribution in [0.3, 0.4) is 0 Å². The molecule has 106 valence electrons. The van der Waals surface area contributed by atoms with E-state index in [0.29, 0.717) is 12.0 Å². The van der Waals surface area contributed by atoms with Crippen LogP contribution in [0.25, 0.3) is 0 Å². The van der Waals surface area contributed by atoms with Crippen LogP contribution in [0.5, 0.6) is 5.75 Å². The second kappa shape index (κ2) is 7.54. The number of benzene rings is 1. The smallest absolute Gasteiger partial charge is 0.122 e. The summed E-state index contributed by atoms with van der Waals surface area (Å²) in [6, 6.07) is 9.20. The number of hydrogen-bond acceptors (Lipinski definition) is 2. The number of nitrogens with one attached hydrogen (secondary N) is 1. The van der Waals surface area contributed by atoms with E-state index in [1.165, 1.54) is 37.7 Å². The van der Waals surface area contributed by atoms with Gasteiger partial charge in [-0.1, -0.05) is 44.4 Å². The Hall–Kier alpha value is -1.02. The van der Waals surface area contributed by atoms with Gasteiger partial charge in [0.25, 0.3) is 0 Å². The van der Waals surface area contributed by atoms with Crippen molar-refractivity contribution in [2.24, 2.45) is 0 Å². The van der Waals surface area contributed by atoms with Crippen molar-refractivity contribution in [2.75, 3.05) is 13.2 Å². The molecule has 19 heavy (non-hydrogen) atoms. The number of rotatable bonds is 5. The summed E-state index contributed by atoms with van der Waals surface area (Å²) in [4.78, 5) is 0. The minimum atomic E-state index is 0.602. The SMILES string of the molecule is CCNC1CCCCCC1c1ccccc1OCC. The van der Waals surface area contributed by atoms with Crippen LogP contribution < -0.4 is 10.1 Å². The lowest BCUT2D eigenvalue weighted by Gasteiger charge is -2.27. The maximum atomic E-state index is 5.83. The molecule has 2 nitrogen and oxygen atoms in total. The Labute approximate surface area is 117 Å². The first kappa shape index (κ1) is 14.4. The molecule has 0 radical (unpaired) electrons. The molecule has 0 saturated heterocycles. The molecule has 0 bridgehead atoms. The molecule has 0 spiro atoms. The van der Waals surface area contributed by atoms with Crippen molar-refractivity contribution in [3.8, 4) is 5.75 Å². The van der Waals surface area contributed by atoms with E-state index in [1.54, 1.807) is 0 Å². The van der Waals surface area contributed by atoms with E-state index in [9.17, 15) is 0 Å². The lowest BCUT2D eigenvalue weighted by atomic mass is 9.87. The molecule has 1 fully saturated rings. The predicted molar refractivity (Wildman–Crippen MR) is 80.9 cm³/mol. The van der Waals surface area contributed by atoms with Crippen molar-refractivity contribution in [3.63, 3.8) is 0 Å². The van der Waals surface area contributed by atoms with Gasteiger partial charge < -0.3 is 10.1 Å². The maximum Gasteiger partial charge on any atom is 0.122 e. The third-order valence-electron chi connectivity index (χ3n) is 4.10. The van der Waals surface area contributed by atoms with Crippen molar-refractivity contribution in [1.29, 1.82) is 0 Å². The summed E-state index contributed by atoms with van der Waals surface area (Å²) in [6.07, 6.45) is 6.63. The van der Waals surface area contributed by atoms with Gasteiger partial charge in [0.2, 0.25) is 0 Å². The largest absolute Gasteiger partial charge is 0.494 e. The summed E-state index contributed by atoms with van der Waals surface area (Å²) >= 11 is 0. The molecule has 1 aliphatic rings. The van der Waals surface area contributed by atoms with Crippen LogP contribution in [-0.4, -0.2) is 19.2 Å². The zero-order valence-electron chi connectivity index (χ0n) is 12.3. The van der Waals surface area contributed by atoms with Gasteiger partial charge in [-0.2, -0.15) is 0 Å². The quantitative estimate of drug-likeness (QED) is 0.805. The zero-order chi connectivity index (χ0) is 13.5. The van der Waals surface area contributed by atoms with Crippen LogP contribution in [0.1, 0.15) is 57.4 Å². The van der Waals surface area contributed by atoms with Crippen LogP contribution in [-0.2, 0) is 0 Å². The molecule has 2 heteroatoms. The minimum Gasteiger partial charge on any atom is -0.494 e. The van der Waals surface area contributed by atoms with Crippen LogP contribution in [0.15, 0.2) is 24.3 Å². The minimum absolute atomic E-state index is 0.602. The lowest BCUT2D eigenvalue weighted by molar-refractivity contribution is 0.326. The molecular formula is C17H27NO. The van der Waals surface area contributed by atoms with E-state index in [-0.39, 0.29) is 0 Å². The maximum absolute atomic E-state index is 5.83. The van der Waals surface area contributed by atoms with Crippen molar-refractivity contribution in [2.45, 2.75) is 57.9 Å². The summed E-state index contributed by atoms with van der Waals surface area (Å²) in [5.74, 6) is 1.69. The average molecular weight is 261 g/mol. The molecule has 1 aromatic rings. The molecule has 1 aromatic carbocycles. The Balaban J connectivity index is 2.24. The van der Waals surface area contributed by atoms with Gasteiger partial charge in [-0.3, -0.25) is 0 Å². The van der Waals surface area contributed by atoms with Crippen molar-refractivity contribution in [1.82, 2.24) is 5.32 Å². The van der Waals surface area contributed by atoms with Crippen molar-refractivity contribution >= 4 is 0 Å². The highest BCUT2D eigenvalue weighted by Crippen LogP contribution is 2.36. The zero-order valence-corrected chi connectivity index (χ0v) is 12.3. The molecule has 1 N–H and O–H groups in total. The fraction of sp³-hybridized carbons (Fsp3) is 0.647. The molecular weight excluding hydrogens is 234 g/mol. The third kappa shape index (κ3) is 3.73. The molecule has 2 atom stereocenters. The number of para-hydroxylation sites is 1. The van der Waals surface area contributed by atoms with E-state index in [2.05, 4.69) is 43.4 Å². The highest BCUT2D eigenvalue weighted by molar-refractivity contribution is 5.37. The van der Waals surface area contributed by atoms with Crippen molar-refractivity contribution in [3.05, 3.63) is 29.8 Å². The van der Waals surface area contributed by atoms with Gasteiger partial charge in [0.1, 0.15) is 5.75 Å². The van der Waals surface area contributed by atoms with E-state index < -0.39 is 0 Å². The van der Waals surface area contributed by atoms with Crippen LogP contribution in [0.4, 0.5) is 0 Å². The average Bonchev–Trinajstić information content (AvgIpc) is 2.66. The number of likely N-dealkylation sites (N-methyl/N-ethyl adjacent to an activating group) is 1. The number of hydrogen-bond donors (Lipinski definition) is 1. The first-order valence-electron chi connectivity index (χ1n) is 7.82.